The van der Waals surface area contributed by atoms with E-state index in [1.807, 2.05) is 6.92 Å². The molecule has 0 aromatic carbocycles. The standard InChI is InChI=1S/C15H19ClN6O3/c1-3-22-13(15(24)21-4-6-25-7-5-21)11(8-17-22)18-14(23)12-10(16)9-20(2)19-12/h8-9H,3-7H2,1-2H3,(H,18,23). The lowest BCUT2D eigenvalue weighted by molar-refractivity contribution is 0.0295. The van der Waals surface area contributed by atoms with Crippen molar-refractivity contribution in [2.45, 2.75) is 13.5 Å². The van der Waals surface area contributed by atoms with Gasteiger partial charge in [-0.2, -0.15) is 10.2 Å². The third-order valence-electron chi connectivity index (χ3n) is 3.89. The van der Waals surface area contributed by atoms with Crippen LogP contribution in [0.4, 0.5) is 5.69 Å². The number of carbonyl (C=O) groups is 2. The summed E-state index contributed by atoms with van der Waals surface area (Å²) in [6, 6.07) is 0. The molecule has 0 unspecified atom stereocenters. The molecule has 0 radical (unpaired) electrons. The zero-order chi connectivity index (χ0) is 18.0. The Morgan fingerprint density at radius 2 is 2.08 bits per heavy atom. The van der Waals surface area contributed by atoms with Crippen molar-refractivity contribution in [2.24, 2.45) is 7.05 Å². The number of amides is 2. The number of carbonyl (C=O) groups excluding carboxylic acids is 2. The monoisotopic (exact) mass is 366 g/mol. The van der Waals surface area contributed by atoms with E-state index in [0.717, 1.165) is 0 Å². The molecule has 10 heteroatoms. The zero-order valence-electron chi connectivity index (χ0n) is 14.0. The van der Waals surface area contributed by atoms with Crippen molar-refractivity contribution >= 4 is 29.1 Å². The Kier molecular flexibility index (Phi) is 5.05. The fourth-order valence-electron chi connectivity index (χ4n) is 2.65. The summed E-state index contributed by atoms with van der Waals surface area (Å²) in [5.74, 6) is -0.678. The summed E-state index contributed by atoms with van der Waals surface area (Å²) in [5, 5.41) is 11.2. The van der Waals surface area contributed by atoms with Gasteiger partial charge in [-0.3, -0.25) is 19.0 Å². The van der Waals surface area contributed by atoms with E-state index in [-0.39, 0.29) is 16.6 Å². The van der Waals surface area contributed by atoms with E-state index in [4.69, 9.17) is 16.3 Å². The van der Waals surface area contributed by atoms with Gasteiger partial charge in [0.1, 0.15) is 5.69 Å². The van der Waals surface area contributed by atoms with Crippen molar-refractivity contribution in [1.29, 1.82) is 0 Å². The second-order valence-corrected chi connectivity index (χ2v) is 5.99. The third-order valence-corrected chi connectivity index (χ3v) is 4.16. The Morgan fingerprint density at radius 3 is 2.68 bits per heavy atom. The summed E-state index contributed by atoms with van der Waals surface area (Å²) >= 11 is 6.01. The molecule has 3 heterocycles. The number of aryl methyl sites for hydroxylation is 2. The number of nitrogens with zero attached hydrogens (tertiary/aromatic N) is 5. The number of hydrogen-bond donors (Lipinski definition) is 1. The molecule has 0 bridgehead atoms. The summed E-state index contributed by atoms with van der Waals surface area (Å²) < 4.78 is 8.29. The number of hydrogen-bond acceptors (Lipinski definition) is 5. The van der Waals surface area contributed by atoms with Crippen molar-refractivity contribution in [3.63, 3.8) is 0 Å². The maximum atomic E-state index is 12.9. The molecule has 0 atom stereocenters. The highest BCUT2D eigenvalue weighted by Crippen LogP contribution is 2.21. The molecule has 1 fully saturated rings. The van der Waals surface area contributed by atoms with E-state index >= 15 is 0 Å². The Hall–Kier alpha value is -2.39. The van der Waals surface area contributed by atoms with E-state index in [9.17, 15) is 9.59 Å². The van der Waals surface area contributed by atoms with Crippen LogP contribution in [0.15, 0.2) is 12.4 Å². The van der Waals surface area contributed by atoms with E-state index in [1.54, 1.807) is 16.6 Å². The first-order valence-electron chi connectivity index (χ1n) is 7.94. The number of nitrogens with one attached hydrogen (secondary N) is 1. The molecule has 0 spiro atoms. The first kappa shape index (κ1) is 17.4. The smallest absolute Gasteiger partial charge is 0.277 e. The molecule has 25 heavy (non-hydrogen) atoms. The molecular formula is C15H19ClN6O3. The minimum Gasteiger partial charge on any atom is -0.378 e. The number of rotatable bonds is 4. The molecule has 1 aliphatic rings. The lowest BCUT2D eigenvalue weighted by atomic mass is 10.2. The van der Waals surface area contributed by atoms with E-state index in [0.29, 0.717) is 44.2 Å². The van der Waals surface area contributed by atoms with Crippen molar-refractivity contribution in [3.05, 3.63) is 28.8 Å². The topological polar surface area (TPSA) is 94.3 Å². The number of morpholine rings is 1. The number of halogens is 1. The van der Waals surface area contributed by atoms with Crippen molar-refractivity contribution in [1.82, 2.24) is 24.5 Å². The molecular weight excluding hydrogens is 348 g/mol. The highest BCUT2D eigenvalue weighted by atomic mass is 35.5. The molecule has 1 aliphatic heterocycles. The van der Waals surface area contributed by atoms with Gasteiger partial charge in [0.25, 0.3) is 11.8 Å². The van der Waals surface area contributed by atoms with Gasteiger partial charge in [0, 0.05) is 32.9 Å². The fraction of sp³-hybridized carbons (Fsp3) is 0.467. The van der Waals surface area contributed by atoms with Crippen molar-refractivity contribution in [3.8, 4) is 0 Å². The molecule has 2 amide bonds. The average Bonchev–Trinajstić information content (AvgIpc) is 3.17. The first-order valence-corrected chi connectivity index (χ1v) is 8.32. The van der Waals surface area contributed by atoms with Gasteiger partial charge >= 0.3 is 0 Å². The highest BCUT2D eigenvalue weighted by molar-refractivity contribution is 6.34. The lowest BCUT2D eigenvalue weighted by Crippen LogP contribution is -2.41. The van der Waals surface area contributed by atoms with Gasteiger partial charge < -0.3 is 15.0 Å². The molecule has 0 aliphatic carbocycles. The number of ether oxygens (including phenoxy) is 1. The van der Waals surface area contributed by atoms with Crippen LogP contribution in [0.3, 0.4) is 0 Å². The highest BCUT2D eigenvalue weighted by Gasteiger charge is 2.27. The van der Waals surface area contributed by atoms with E-state index < -0.39 is 5.91 Å². The van der Waals surface area contributed by atoms with Gasteiger partial charge in [0.15, 0.2) is 5.69 Å². The minimum atomic E-state index is -0.489. The third kappa shape index (κ3) is 3.52. The SMILES string of the molecule is CCn1ncc(NC(=O)c2nn(C)cc2Cl)c1C(=O)N1CCOCC1. The van der Waals surface area contributed by atoms with Gasteiger partial charge in [0.2, 0.25) is 0 Å². The van der Waals surface area contributed by atoms with Gasteiger partial charge in [-0.1, -0.05) is 11.6 Å². The van der Waals surface area contributed by atoms with Crippen LogP contribution in [-0.4, -0.2) is 62.6 Å². The fourth-order valence-corrected chi connectivity index (χ4v) is 2.92. The summed E-state index contributed by atoms with van der Waals surface area (Å²) in [6.07, 6.45) is 3.00. The summed E-state index contributed by atoms with van der Waals surface area (Å²) in [5.41, 5.74) is 0.771. The Labute approximate surface area is 149 Å². The molecule has 1 saturated heterocycles. The van der Waals surface area contributed by atoms with E-state index in [1.165, 1.54) is 17.1 Å². The maximum Gasteiger partial charge on any atom is 0.277 e. The largest absolute Gasteiger partial charge is 0.378 e. The van der Waals surface area contributed by atoms with Crippen LogP contribution >= 0.6 is 11.6 Å². The minimum absolute atomic E-state index is 0.0955. The van der Waals surface area contributed by atoms with Gasteiger partial charge in [0.05, 0.1) is 30.1 Å². The molecule has 3 rings (SSSR count). The molecule has 9 nitrogen and oxygen atoms in total. The second kappa shape index (κ2) is 7.24. The van der Waals surface area contributed by atoms with Crippen LogP contribution in [0.25, 0.3) is 0 Å². The second-order valence-electron chi connectivity index (χ2n) is 5.58. The zero-order valence-corrected chi connectivity index (χ0v) is 14.8. The molecule has 2 aromatic heterocycles. The Morgan fingerprint density at radius 1 is 1.36 bits per heavy atom. The van der Waals surface area contributed by atoms with Gasteiger partial charge in [-0.25, -0.2) is 0 Å². The average molecular weight is 367 g/mol. The van der Waals surface area contributed by atoms with Crippen LogP contribution in [0.2, 0.25) is 5.02 Å². The van der Waals surface area contributed by atoms with Gasteiger partial charge in [-0.15, -0.1) is 0 Å². The normalized spacial score (nSPS) is 14.6. The molecule has 2 aromatic rings. The molecule has 134 valence electrons. The summed E-state index contributed by atoms with van der Waals surface area (Å²) in [6.45, 7) is 4.39. The van der Waals surface area contributed by atoms with Crippen molar-refractivity contribution < 1.29 is 14.3 Å². The first-order chi connectivity index (χ1) is 12.0. The Balaban J connectivity index is 1.86. The van der Waals surface area contributed by atoms with Crippen LogP contribution in [-0.2, 0) is 18.3 Å². The van der Waals surface area contributed by atoms with E-state index in [2.05, 4.69) is 15.5 Å². The quantitative estimate of drug-likeness (QED) is 0.871. The van der Waals surface area contributed by atoms with Crippen LogP contribution in [0, 0.1) is 0 Å². The predicted molar refractivity (Wildman–Crippen MR) is 90.8 cm³/mol. The number of anilines is 1. The Bertz CT molecular complexity index is 793. The maximum absolute atomic E-state index is 12.9. The van der Waals surface area contributed by atoms with Gasteiger partial charge in [-0.05, 0) is 6.92 Å². The summed E-state index contributed by atoms with van der Waals surface area (Å²) in [4.78, 5) is 27.0. The van der Waals surface area contributed by atoms with Crippen LogP contribution in [0.1, 0.15) is 27.9 Å². The number of aromatic nitrogens is 4. The van der Waals surface area contributed by atoms with Crippen molar-refractivity contribution in [2.75, 3.05) is 31.6 Å². The predicted octanol–water partition coefficient (Wildman–Crippen LogP) is 1.01. The lowest BCUT2D eigenvalue weighted by Gasteiger charge is -2.27. The molecule has 0 saturated carbocycles. The van der Waals surface area contributed by atoms with Crippen LogP contribution in [0.5, 0.6) is 0 Å². The molecule has 1 N–H and O–H groups in total. The summed E-state index contributed by atoms with van der Waals surface area (Å²) in [7, 11) is 1.67. The van der Waals surface area contributed by atoms with Crippen LogP contribution < -0.4 is 5.32 Å².